The van der Waals surface area contributed by atoms with Gasteiger partial charge in [0.1, 0.15) is 0 Å². The highest BCUT2D eigenvalue weighted by molar-refractivity contribution is 7.98. The number of likely N-dealkylation sites (tertiary alicyclic amines) is 1. The first kappa shape index (κ1) is 19.1. The van der Waals surface area contributed by atoms with Crippen LogP contribution >= 0.6 is 11.8 Å². The Hall–Kier alpha value is -0.910. The van der Waals surface area contributed by atoms with Gasteiger partial charge in [-0.05, 0) is 38.2 Å². The minimum Gasteiger partial charge on any atom is -0.357 e. The number of nitrogens with zero attached hydrogens (tertiary/aromatic N) is 2. The number of carbonyl (C=O) groups excluding carboxylic acids is 1. The maximum absolute atomic E-state index is 12.0. The van der Waals surface area contributed by atoms with Crippen LogP contribution in [0.25, 0.3) is 0 Å². The van der Waals surface area contributed by atoms with Crippen LogP contribution in [0.4, 0.5) is 0 Å². The first-order valence-corrected chi connectivity index (χ1v) is 9.80. The van der Waals surface area contributed by atoms with E-state index in [2.05, 4.69) is 28.8 Å². The number of nitrogens with one attached hydrogen (secondary N) is 2. The number of hydrogen-bond donors (Lipinski definition) is 2. The molecule has 0 saturated carbocycles. The summed E-state index contributed by atoms with van der Waals surface area (Å²) >= 11 is 1.86. The molecule has 0 spiro atoms. The van der Waals surface area contributed by atoms with Crippen molar-refractivity contribution in [1.29, 1.82) is 0 Å². The summed E-state index contributed by atoms with van der Waals surface area (Å²) in [5.41, 5.74) is 0. The molecular formula is C16H32N4OS. The van der Waals surface area contributed by atoms with Crippen LogP contribution in [0.15, 0.2) is 4.99 Å². The van der Waals surface area contributed by atoms with Gasteiger partial charge in [-0.15, -0.1) is 0 Å². The number of guanidine groups is 1. The molecule has 1 fully saturated rings. The minimum atomic E-state index is 0.0971. The highest BCUT2D eigenvalue weighted by Gasteiger charge is 2.24. The summed E-state index contributed by atoms with van der Waals surface area (Å²) in [6.07, 6.45) is 5.22. The van der Waals surface area contributed by atoms with E-state index in [0.717, 1.165) is 57.2 Å². The van der Waals surface area contributed by atoms with Gasteiger partial charge in [0.25, 0.3) is 0 Å². The Morgan fingerprint density at radius 3 is 2.59 bits per heavy atom. The van der Waals surface area contributed by atoms with Gasteiger partial charge in [-0.25, -0.2) is 0 Å². The molecule has 0 bridgehead atoms. The fraction of sp³-hybridized carbons (Fsp3) is 0.875. The maximum Gasteiger partial charge on any atom is 0.225 e. The van der Waals surface area contributed by atoms with E-state index in [4.69, 9.17) is 0 Å². The predicted molar refractivity (Wildman–Crippen MR) is 96.6 cm³/mol. The third-order valence-electron chi connectivity index (χ3n) is 3.76. The van der Waals surface area contributed by atoms with E-state index < -0.39 is 0 Å². The second kappa shape index (κ2) is 10.8. The largest absolute Gasteiger partial charge is 0.357 e. The summed E-state index contributed by atoms with van der Waals surface area (Å²) in [5, 5.41) is 6.83. The molecule has 0 atom stereocenters. The van der Waals surface area contributed by atoms with Crippen molar-refractivity contribution in [3.8, 4) is 0 Å². The molecule has 0 radical (unpaired) electrons. The van der Waals surface area contributed by atoms with Gasteiger partial charge >= 0.3 is 0 Å². The van der Waals surface area contributed by atoms with Crippen LogP contribution in [0.5, 0.6) is 0 Å². The summed E-state index contributed by atoms with van der Waals surface area (Å²) < 4.78 is 0. The fourth-order valence-electron chi connectivity index (χ4n) is 2.52. The van der Waals surface area contributed by atoms with E-state index in [9.17, 15) is 4.79 Å². The van der Waals surface area contributed by atoms with E-state index in [1.54, 1.807) is 0 Å². The van der Waals surface area contributed by atoms with Crippen molar-refractivity contribution in [3.05, 3.63) is 0 Å². The first-order chi connectivity index (χ1) is 10.6. The summed E-state index contributed by atoms with van der Waals surface area (Å²) in [6.45, 7) is 9.46. The molecule has 0 aromatic rings. The summed E-state index contributed by atoms with van der Waals surface area (Å²) in [5.74, 6) is 2.44. The molecule has 5 nitrogen and oxygen atoms in total. The van der Waals surface area contributed by atoms with E-state index >= 15 is 0 Å². The molecule has 0 unspecified atom stereocenters. The lowest BCUT2D eigenvalue weighted by atomic mass is 10.0. The Bertz CT molecular complexity index is 352. The van der Waals surface area contributed by atoms with Gasteiger partial charge in [-0.3, -0.25) is 9.79 Å². The highest BCUT2D eigenvalue weighted by atomic mass is 32.2. The smallest absolute Gasteiger partial charge is 0.225 e. The van der Waals surface area contributed by atoms with Gasteiger partial charge in [0.2, 0.25) is 5.91 Å². The number of carbonyl (C=O) groups is 1. The van der Waals surface area contributed by atoms with Crippen molar-refractivity contribution in [3.63, 3.8) is 0 Å². The lowest BCUT2D eigenvalue weighted by Crippen LogP contribution is -2.50. The predicted octanol–water partition coefficient (Wildman–Crippen LogP) is 1.94. The SMILES string of the molecule is CCNC(=NCCCSC)NC1CCN(C(=O)C(C)C)CC1. The number of amides is 1. The van der Waals surface area contributed by atoms with Crippen LogP contribution in [0.1, 0.15) is 40.0 Å². The van der Waals surface area contributed by atoms with Gasteiger partial charge in [0.15, 0.2) is 5.96 Å². The van der Waals surface area contributed by atoms with Crippen molar-refractivity contribution in [2.75, 3.05) is 38.2 Å². The molecule has 1 aliphatic rings. The Balaban J connectivity index is 2.39. The molecule has 6 heteroatoms. The van der Waals surface area contributed by atoms with E-state index in [0.29, 0.717) is 6.04 Å². The average molecular weight is 329 g/mol. The van der Waals surface area contributed by atoms with Crippen LogP contribution in [0.3, 0.4) is 0 Å². The average Bonchev–Trinajstić information content (AvgIpc) is 2.51. The molecule has 22 heavy (non-hydrogen) atoms. The maximum atomic E-state index is 12.0. The topological polar surface area (TPSA) is 56.7 Å². The molecule has 1 aliphatic heterocycles. The van der Waals surface area contributed by atoms with Gasteiger partial charge in [0, 0.05) is 38.1 Å². The monoisotopic (exact) mass is 328 g/mol. The molecule has 1 rings (SSSR count). The van der Waals surface area contributed by atoms with E-state index in [-0.39, 0.29) is 11.8 Å². The van der Waals surface area contributed by atoms with Gasteiger partial charge in [-0.1, -0.05) is 13.8 Å². The normalized spacial score (nSPS) is 17.0. The Morgan fingerprint density at radius 2 is 2.05 bits per heavy atom. The molecule has 2 N–H and O–H groups in total. The van der Waals surface area contributed by atoms with Crippen molar-refractivity contribution in [2.45, 2.75) is 46.1 Å². The zero-order valence-corrected chi connectivity index (χ0v) is 15.3. The van der Waals surface area contributed by atoms with Crippen LogP contribution < -0.4 is 10.6 Å². The molecule has 1 saturated heterocycles. The summed E-state index contributed by atoms with van der Waals surface area (Å²) in [6, 6.07) is 0.412. The Kier molecular flexibility index (Phi) is 9.36. The van der Waals surface area contributed by atoms with E-state index in [1.165, 1.54) is 0 Å². The van der Waals surface area contributed by atoms with Crippen molar-refractivity contribution >= 4 is 23.6 Å². The van der Waals surface area contributed by atoms with Crippen molar-refractivity contribution in [2.24, 2.45) is 10.9 Å². The van der Waals surface area contributed by atoms with Gasteiger partial charge in [0.05, 0.1) is 0 Å². The number of rotatable bonds is 7. The van der Waals surface area contributed by atoms with Crippen LogP contribution in [-0.2, 0) is 4.79 Å². The molecule has 128 valence electrons. The van der Waals surface area contributed by atoms with Crippen molar-refractivity contribution < 1.29 is 4.79 Å². The third-order valence-corrected chi connectivity index (χ3v) is 4.46. The Labute approximate surface area is 139 Å². The zero-order valence-electron chi connectivity index (χ0n) is 14.5. The standard InChI is InChI=1S/C16H32N4OS/c1-5-17-16(18-9-6-12-22-4)19-14-7-10-20(11-8-14)15(21)13(2)3/h13-14H,5-12H2,1-4H3,(H2,17,18,19). The van der Waals surface area contributed by atoms with Gasteiger partial charge < -0.3 is 15.5 Å². The lowest BCUT2D eigenvalue weighted by Gasteiger charge is -2.34. The molecule has 0 aromatic carbocycles. The fourth-order valence-corrected chi connectivity index (χ4v) is 2.94. The van der Waals surface area contributed by atoms with Crippen molar-refractivity contribution in [1.82, 2.24) is 15.5 Å². The van der Waals surface area contributed by atoms with Gasteiger partial charge in [-0.2, -0.15) is 11.8 Å². The second-order valence-corrected chi connectivity index (χ2v) is 6.99. The minimum absolute atomic E-state index is 0.0971. The molecular weight excluding hydrogens is 296 g/mol. The molecule has 0 aliphatic carbocycles. The number of piperidine rings is 1. The number of hydrogen-bond acceptors (Lipinski definition) is 3. The van der Waals surface area contributed by atoms with Crippen LogP contribution in [0, 0.1) is 5.92 Å². The van der Waals surface area contributed by atoms with Crippen LogP contribution in [-0.4, -0.2) is 61.0 Å². The first-order valence-electron chi connectivity index (χ1n) is 8.41. The highest BCUT2D eigenvalue weighted by Crippen LogP contribution is 2.13. The number of aliphatic imine (C=N–C) groups is 1. The summed E-state index contributed by atoms with van der Waals surface area (Å²) in [7, 11) is 0. The lowest BCUT2D eigenvalue weighted by molar-refractivity contribution is -0.135. The third kappa shape index (κ3) is 6.90. The quantitative estimate of drug-likeness (QED) is 0.426. The summed E-state index contributed by atoms with van der Waals surface area (Å²) in [4.78, 5) is 18.6. The number of thioether (sulfide) groups is 1. The van der Waals surface area contributed by atoms with E-state index in [1.807, 2.05) is 30.5 Å². The molecule has 0 aromatic heterocycles. The van der Waals surface area contributed by atoms with Crippen LogP contribution in [0.2, 0.25) is 0 Å². The molecule has 1 heterocycles. The molecule has 1 amide bonds. The second-order valence-electron chi connectivity index (χ2n) is 6.01. The zero-order chi connectivity index (χ0) is 16.4. The Morgan fingerprint density at radius 1 is 1.36 bits per heavy atom.